The van der Waals surface area contributed by atoms with Crippen LogP contribution >= 0.6 is 11.3 Å². The SMILES string of the molecule is CCCCOc1ccc(C(=O)N2CCN(CCNC(=O)c3ccsc3)CC2)cc1. The molecule has 7 heteroatoms. The summed E-state index contributed by atoms with van der Waals surface area (Å²) in [4.78, 5) is 28.9. The Balaban J connectivity index is 1.38. The fourth-order valence-corrected chi connectivity index (χ4v) is 3.84. The third-order valence-electron chi connectivity index (χ3n) is 5.02. The summed E-state index contributed by atoms with van der Waals surface area (Å²) < 4.78 is 5.66. The van der Waals surface area contributed by atoms with Crippen LogP contribution in [0.1, 0.15) is 40.5 Å². The maximum absolute atomic E-state index is 12.7. The van der Waals surface area contributed by atoms with Gasteiger partial charge in [0.2, 0.25) is 0 Å². The molecule has 0 bridgehead atoms. The number of nitrogens with one attached hydrogen (secondary N) is 1. The smallest absolute Gasteiger partial charge is 0.253 e. The van der Waals surface area contributed by atoms with Gasteiger partial charge in [0, 0.05) is 55.8 Å². The highest BCUT2D eigenvalue weighted by molar-refractivity contribution is 7.08. The quantitative estimate of drug-likeness (QED) is 0.640. The summed E-state index contributed by atoms with van der Waals surface area (Å²) in [6.07, 6.45) is 2.13. The molecule has 29 heavy (non-hydrogen) atoms. The molecular formula is C22H29N3O3S. The van der Waals surface area contributed by atoms with Gasteiger partial charge in [-0.25, -0.2) is 0 Å². The summed E-state index contributed by atoms with van der Waals surface area (Å²) in [6, 6.07) is 9.25. The number of amides is 2. The highest BCUT2D eigenvalue weighted by Crippen LogP contribution is 2.15. The van der Waals surface area contributed by atoms with E-state index in [9.17, 15) is 9.59 Å². The number of carbonyl (C=O) groups excluding carboxylic acids is 2. The van der Waals surface area contributed by atoms with E-state index in [-0.39, 0.29) is 11.8 Å². The van der Waals surface area contributed by atoms with E-state index < -0.39 is 0 Å². The van der Waals surface area contributed by atoms with Gasteiger partial charge in [0.05, 0.1) is 6.61 Å². The van der Waals surface area contributed by atoms with Crippen LogP contribution in [0.3, 0.4) is 0 Å². The molecule has 1 N–H and O–H groups in total. The lowest BCUT2D eigenvalue weighted by Gasteiger charge is -2.34. The van der Waals surface area contributed by atoms with Crippen LogP contribution in [0, 0.1) is 0 Å². The van der Waals surface area contributed by atoms with E-state index in [0.29, 0.717) is 37.4 Å². The third-order valence-corrected chi connectivity index (χ3v) is 5.71. The van der Waals surface area contributed by atoms with Crippen LogP contribution in [0.5, 0.6) is 5.75 Å². The fraction of sp³-hybridized carbons (Fsp3) is 0.455. The normalized spacial score (nSPS) is 14.6. The molecule has 0 unspecified atom stereocenters. The van der Waals surface area contributed by atoms with Crippen molar-refractivity contribution in [2.45, 2.75) is 19.8 Å². The van der Waals surface area contributed by atoms with Crippen molar-refractivity contribution in [1.29, 1.82) is 0 Å². The van der Waals surface area contributed by atoms with E-state index in [1.165, 1.54) is 11.3 Å². The first-order valence-electron chi connectivity index (χ1n) is 10.2. The van der Waals surface area contributed by atoms with Crippen molar-refractivity contribution in [2.75, 3.05) is 45.9 Å². The van der Waals surface area contributed by atoms with Gasteiger partial charge in [-0.15, -0.1) is 0 Å². The second-order valence-corrected chi connectivity index (χ2v) is 7.91. The Morgan fingerprint density at radius 3 is 2.48 bits per heavy atom. The average Bonchev–Trinajstić information content (AvgIpc) is 3.29. The summed E-state index contributed by atoms with van der Waals surface area (Å²) >= 11 is 1.52. The van der Waals surface area contributed by atoms with Crippen LogP contribution in [-0.4, -0.2) is 67.5 Å². The standard InChI is InChI=1S/C22H29N3O3S/c1-2-3-15-28-20-6-4-18(5-7-20)22(27)25-13-11-24(12-14-25)10-9-23-21(26)19-8-16-29-17-19/h4-8,16-17H,2-3,9-15H2,1H3,(H,23,26). The largest absolute Gasteiger partial charge is 0.494 e. The Hall–Kier alpha value is -2.38. The van der Waals surface area contributed by atoms with Gasteiger partial charge in [0.15, 0.2) is 0 Å². The summed E-state index contributed by atoms with van der Waals surface area (Å²) in [5.74, 6) is 0.849. The number of rotatable bonds is 9. The molecule has 1 aliphatic rings. The predicted octanol–water partition coefficient (Wildman–Crippen LogP) is 3.11. The van der Waals surface area contributed by atoms with Crippen LogP contribution < -0.4 is 10.1 Å². The van der Waals surface area contributed by atoms with Gasteiger partial charge in [-0.05, 0) is 42.1 Å². The highest BCUT2D eigenvalue weighted by atomic mass is 32.1. The number of thiophene rings is 1. The lowest BCUT2D eigenvalue weighted by Crippen LogP contribution is -2.50. The molecule has 1 saturated heterocycles. The Morgan fingerprint density at radius 2 is 1.83 bits per heavy atom. The average molecular weight is 416 g/mol. The molecule has 6 nitrogen and oxygen atoms in total. The van der Waals surface area contributed by atoms with Crippen molar-refractivity contribution in [3.05, 3.63) is 52.2 Å². The van der Waals surface area contributed by atoms with E-state index in [1.54, 1.807) is 0 Å². The zero-order valence-electron chi connectivity index (χ0n) is 16.9. The molecular weight excluding hydrogens is 386 g/mol. The Morgan fingerprint density at radius 1 is 1.07 bits per heavy atom. The summed E-state index contributed by atoms with van der Waals surface area (Å²) in [5.41, 5.74) is 1.41. The van der Waals surface area contributed by atoms with E-state index >= 15 is 0 Å². The van der Waals surface area contributed by atoms with Crippen molar-refractivity contribution >= 4 is 23.2 Å². The molecule has 3 rings (SSSR count). The first-order valence-corrected chi connectivity index (χ1v) is 11.2. The number of piperazine rings is 1. The van der Waals surface area contributed by atoms with E-state index in [0.717, 1.165) is 38.2 Å². The van der Waals surface area contributed by atoms with E-state index in [1.807, 2.05) is 46.0 Å². The minimum absolute atomic E-state index is 0.0258. The van der Waals surface area contributed by atoms with Crippen molar-refractivity contribution in [1.82, 2.24) is 15.1 Å². The van der Waals surface area contributed by atoms with Crippen LogP contribution in [0.15, 0.2) is 41.1 Å². The number of hydrogen-bond acceptors (Lipinski definition) is 5. The molecule has 2 heterocycles. The van der Waals surface area contributed by atoms with Crippen molar-refractivity contribution < 1.29 is 14.3 Å². The van der Waals surface area contributed by atoms with Gasteiger partial charge in [-0.2, -0.15) is 11.3 Å². The molecule has 2 amide bonds. The molecule has 0 saturated carbocycles. The van der Waals surface area contributed by atoms with Gasteiger partial charge >= 0.3 is 0 Å². The Labute approximate surface area is 176 Å². The number of hydrogen-bond donors (Lipinski definition) is 1. The van der Waals surface area contributed by atoms with Crippen LogP contribution in [0.4, 0.5) is 0 Å². The van der Waals surface area contributed by atoms with Gasteiger partial charge in [0.25, 0.3) is 11.8 Å². The van der Waals surface area contributed by atoms with Gasteiger partial charge in [-0.1, -0.05) is 13.3 Å². The van der Waals surface area contributed by atoms with Gasteiger partial charge in [0.1, 0.15) is 5.75 Å². The van der Waals surface area contributed by atoms with E-state index in [4.69, 9.17) is 4.74 Å². The minimum atomic E-state index is -0.0258. The summed E-state index contributed by atoms with van der Waals surface area (Å²) in [7, 11) is 0. The van der Waals surface area contributed by atoms with Gasteiger partial charge < -0.3 is 15.0 Å². The molecule has 0 radical (unpaired) electrons. The second-order valence-electron chi connectivity index (χ2n) is 7.13. The molecule has 1 aromatic heterocycles. The monoisotopic (exact) mass is 415 g/mol. The van der Waals surface area contributed by atoms with Crippen molar-refractivity contribution in [3.63, 3.8) is 0 Å². The number of ether oxygens (including phenoxy) is 1. The van der Waals surface area contributed by atoms with Crippen molar-refractivity contribution in [2.24, 2.45) is 0 Å². The van der Waals surface area contributed by atoms with Gasteiger partial charge in [-0.3, -0.25) is 14.5 Å². The topological polar surface area (TPSA) is 61.9 Å². The number of benzene rings is 1. The Bertz CT molecular complexity index is 769. The first kappa shape index (κ1) is 21.3. The minimum Gasteiger partial charge on any atom is -0.494 e. The molecule has 1 aliphatic heterocycles. The number of carbonyl (C=O) groups is 2. The molecule has 2 aromatic rings. The zero-order valence-corrected chi connectivity index (χ0v) is 17.7. The lowest BCUT2D eigenvalue weighted by atomic mass is 10.1. The van der Waals surface area contributed by atoms with E-state index in [2.05, 4.69) is 17.1 Å². The highest BCUT2D eigenvalue weighted by Gasteiger charge is 2.22. The number of nitrogens with zero attached hydrogens (tertiary/aromatic N) is 2. The van der Waals surface area contributed by atoms with Crippen LogP contribution in [0.25, 0.3) is 0 Å². The molecule has 0 aliphatic carbocycles. The maximum atomic E-state index is 12.7. The third kappa shape index (κ3) is 6.30. The molecule has 0 spiro atoms. The summed E-state index contributed by atoms with van der Waals surface area (Å²) in [5, 5.41) is 6.70. The Kier molecular flexibility index (Phi) is 8.07. The molecule has 1 aromatic carbocycles. The lowest BCUT2D eigenvalue weighted by molar-refractivity contribution is 0.0638. The fourth-order valence-electron chi connectivity index (χ4n) is 3.21. The maximum Gasteiger partial charge on any atom is 0.253 e. The van der Waals surface area contributed by atoms with Crippen molar-refractivity contribution in [3.8, 4) is 5.75 Å². The molecule has 0 atom stereocenters. The first-order chi connectivity index (χ1) is 14.2. The second kappa shape index (κ2) is 11.0. The van der Waals surface area contributed by atoms with Crippen LogP contribution in [-0.2, 0) is 0 Å². The zero-order chi connectivity index (χ0) is 20.5. The molecule has 156 valence electrons. The van der Waals surface area contributed by atoms with Crippen LogP contribution in [0.2, 0.25) is 0 Å². The predicted molar refractivity (Wildman–Crippen MR) is 116 cm³/mol. The number of unbranched alkanes of at least 4 members (excludes halogenated alkanes) is 1. The molecule has 1 fully saturated rings. The summed E-state index contributed by atoms with van der Waals surface area (Å²) in [6.45, 7) is 7.28.